The topological polar surface area (TPSA) is 59.3 Å². The van der Waals surface area contributed by atoms with E-state index in [2.05, 4.69) is 5.32 Å². The summed E-state index contributed by atoms with van der Waals surface area (Å²) in [6.45, 7) is 3.98. The third kappa shape index (κ3) is 3.06. The molecule has 1 amide bonds. The Kier molecular flexibility index (Phi) is 4.16. The lowest BCUT2D eigenvalue weighted by Gasteiger charge is -2.10. The largest absolute Gasteiger partial charge is 0.422 e. The molecule has 1 heterocycles. The molecule has 0 fully saturated rings. The number of rotatable bonds is 3. The highest BCUT2D eigenvalue weighted by Crippen LogP contribution is 2.23. The number of nitrogens with one attached hydrogen (secondary N) is 1. The van der Waals surface area contributed by atoms with Gasteiger partial charge in [0.25, 0.3) is 5.91 Å². The third-order valence-corrected chi connectivity index (χ3v) is 4.04. The van der Waals surface area contributed by atoms with Crippen LogP contribution < -0.4 is 10.9 Å². The summed E-state index contributed by atoms with van der Waals surface area (Å²) in [4.78, 5) is 23.9. The molecular weight excluding hydrogens is 309 g/mol. The van der Waals surface area contributed by atoms with E-state index in [1.54, 1.807) is 0 Å². The summed E-state index contributed by atoms with van der Waals surface area (Å²) < 4.78 is 18.5. The van der Waals surface area contributed by atoms with Crippen LogP contribution in [0.4, 0.5) is 4.39 Å². The van der Waals surface area contributed by atoms with Crippen LogP contribution in [-0.2, 0) is 6.54 Å². The quantitative estimate of drug-likeness (QED) is 0.750. The van der Waals surface area contributed by atoms with Crippen LogP contribution in [-0.4, -0.2) is 5.91 Å². The summed E-state index contributed by atoms with van der Waals surface area (Å²) in [5, 5.41) is 3.48. The van der Waals surface area contributed by atoms with Gasteiger partial charge in [-0.3, -0.25) is 4.79 Å². The van der Waals surface area contributed by atoms with Crippen molar-refractivity contribution in [2.75, 3.05) is 0 Å². The molecule has 0 atom stereocenters. The van der Waals surface area contributed by atoms with Gasteiger partial charge in [-0.25, -0.2) is 9.18 Å². The highest BCUT2D eigenvalue weighted by molar-refractivity contribution is 5.94. The highest BCUT2D eigenvalue weighted by Gasteiger charge is 2.11. The van der Waals surface area contributed by atoms with Crippen LogP contribution in [0.2, 0.25) is 0 Å². The van der Waals surface area contributed by atoms with Gasteiger partial charge < -0.3 is 9.73 Å². The maximum atomic E-state index is 13.2. The Morgan fingerprint density at radius 3 is 2.71 bits per heavy atom. The number of fused-ring (bicyclic) bond motifs is 1. The molecule has 2 aromatic carbocycles. The minimum Gasteiger partial charge on any atom is -0.422 e. The average Bonchev–Trinajstić information content (AvgIpc) is 2.56. The summed E-state index contributed by atoms with van der Waals surface area (Å²) in [6, 6.07) is 10.6. The minimum absolute atomic E-state index is 0.153. The van der Waals surface area contributed by atoms with Crippen LogP contribution in [0.5, 0.6) is 0 Å². The van der Waals surface area contributed by atoms with Crippen LogP contribution in [0.25, 0.3) is 11.0 Å². The molecule has 0 radical (unpaired) electrons. The molecule has 24 heavy (non-hydrogen) atoms. The predicted octanol–water partition coefficient (Wildman–Crippen LogP) is 3.48. The number of halogens is 1. The molecule has 3 aromatic rings. The highest BCUT2D eigenvalue weighted by atomic mass is 19.1. The van der Waals surface area contributed by atoms with Gasteiger partial charge in [-0.2, -0.15) is 0 Å². The molecule has 122 valence electrons. The van der Waals surface area contributed by atoms with Gasteiger partial charge in [0, 0.05) is 23.6 Å². The molecule has 0 aliphatic rings. The van der Waals surface area contributed by atoms with Crippen LogP contribution >= 0.6 is 0 Å². The summed E-state index contributed by atoms with van der Waals surface area (Å²) in [7, 11) is 0. The van der Waals surface area contributed by atoms with Gasteiger partial charge in [-0.1, -0.05) is 18.2 Å². The second-order valence-electron chi connectivity index (χ2n) is 5.67. The number of aryl methyl sites for hydroxylation is 2. The number of hydrogen-bond donors (Lipinski definition) is 1. The number of carbonyl (C=O) groups excluding carboxylic acids is 1. The van der Waals surface area contributed by atoms with E-state index < -0.39 is 17.3 Å². The zero-order chi connectivity index (χ0) is 17.3. The Morgan fingerprint density at radius 1 is 1.17 bits per heavy atom. The van der Waals surface area contributed by atoms with Gasteiger partial charge >= 0.3 is 5.63 Å². The average molecular weight is 325 g/mol. The normalized spacial score (nSPS) is 10.8. The molecule has 0 spiro atoms. The fraction of sp³-hybridized carbons (Fsp3) is 0.158. The van der Waals surface area contributed by atoms with Crippen molar-refractivity contribution >= 4 is 16.9 Å². The maximum absolute atomic E-state index is 13.2. The lowest BCUT2D eigenvalue weighted by atomic mass is 10.0. The molecule has 4 nitrogen and oxygen atoms in total. The zero-order valence-electron chi connectivity index (χ0n) is 13.4. The molecule has 1 N–H and O–H groups in total. The Bertz CT molecular complexity index is 992. The number of carbonyl (C=O) groups is 1. The SMILES string of the molecule is Cc1ccc2c(CNC(=O)c3cccc(F)c3)cc(=O)oc2c1C. The first-order chi connectivity index (χ1) is 11.5. The van der Waals surface area contributed by atoms with E-state index >= 15 is 0 Å². The molecule has 0 aliphatic heterocycles. The van der Waals surface area contributed by atoms with Crippen molar-refractivity contribution < 1.29 is 13.6 Å². The molecule has 0 unspecified atom stereocenters. The van der Waals surface area contributed by atoms with E-state index in [1.165, 1.54) is 30.3 Å². The van der Waals surface area contributed by atoms with Crippen LogP contribution in [0.1, 0.15) is 27.0 Å². The minimum atomic E-state index is -0.473. The van der Waals surface area contributed by atoms with E-state index in [9.17, 15) is 14.0 Å². The fourth-order valence-electron chi connectivity index (χ4n) is 2.58. The van der Waals surface area contributed by atoms with Crippen LogP contribution in [0, 0.1) is 19.7 Å². The molecule has 3 rings (SSSR count). The second kappa shape index (κ2) is 6.28. The number of hydrogen-bond acceptors (Lipinski definition) is 3. The molecule has 0 bridgehead atoms. The number of amides is 1. The lowest BCUT2D eigenvalue weighted by Crippen LogP contribution is -2.23. The fourth-order valence-corrected chi connectivity index (χ4v) is 2.58. The summed E-state index contributed by atoms with van der Waals surface area (Å²) >= 11 is 0. The van der Waals surface area contributed by atoms with Gasteiger partial charge in [-0.15, -0.1) is 0 Å². The Hall–Kier alpha value is -2.95. The predicted molar refractivity (Wildman–Crippen MR) is 89.5 cm³/mol. The standard InChI is InChI=1S/C19H16FNO3/c1-11-6-7-16-14(9-17(22)24-18(16)12(11)2)10-21-19(23)13-4-3-5-15(20)8-13/h3-9H,10H2,1-2H3,(H,21,23). The monoisotopic (exact) mass is 325 g/mol. The first kappa shape index (κ1) is 15.9. The van der Waals surface area contributed by atoms with E-state index in [0.29, 0.717) is 11.1 Å². The summed E-state index contributed by atoms with van der Waals surface area (Å²) in [5.41, 5.74) is 2.86. The first-order valence-corrected chi connectivity index (χ1v) is 7.52. The van der Waals surface area contributed by atoms with Crippen molar-refractivity contribution in [3.63, 3.8) is 0 Å². The van der Waals surface area contributed by atoms with Crippen molar-refractivity contribution in [3.8, 4) is 0 Å². The molecule has 5 heteroatoms. The Balaban J connectivity index is 1.92. The summed E-state index contributed by atoms with van der Waals surface area (Å²) in [6.07, 6.45) is 0. The van der Waals surface area contributed by atoms with Crippen molar-refractivity contribution in [3.05, 3.63) is 81.0 Å². The van der Waals surface area contributed by atoms with Crippen molar-refractivity contribution in [1.82, 2.24) is 5.32 Å². The van der Waals surface area contributed by atoms with E-state index in [-0.39, 0.29) is 12.1 Å². The van der Waals surface area contributed by atoms with E-state index in [1.807, 2.05) is 26.0 Å². The summed E-state index contributed by atoms with van der Waals surface area (Å²) in [5.74, 6) is -0.876. The molecule has 0 saturated heterocycles. The van der Waals surface area contributed by atoms with E-state index in [0.717, 1.165) is 16.5 Å². The van der Waals surface area contributed by atoms with Gasteiger partial charge in [0.1, 0.15) is 11.4 Å². The van der Waals surface area contributed by atoms with Gasteiger partial charge in [0.05, 0.1) is 0 Å². The van der Waals surface area contributed by atoms with Crippen molar-refractivity contribution in [1.29, 1.82) is 0 Å². The first-order valence-electron chi connectivity index (χ1n) is 7.52. The maximum Gasteiger partial charge on any atom is 0.336 e. The molecule has 0 aliphatic carbocycles. The zero-order valence-corrected chi connectivity index (χ0v) is 13.4. The smallest absolute Gasteiger partial charge is 0.336 e. The van der Waals surface area contributed by atoms with Crippen LogP contribution in [0.3, 0.4) is 0 Å². The second-order valence-corrected chi connectivity index (χ2v) is 5.67. The third-order valence-electron chi connectivity index (χ3n) is 4.04. The van der Waals surface area contributed by atoms with Crippen molar-refractivity contribution in [2.45, 2.75) is 20.4 Å². The van der Waals surface area contributed by atoms with Crippen molar-refractivity contribution in [2.24, 2.45) is 0 Å². The molecule has 1 aromatic heterocycles. The van der Waals surface area contributed by atoms with Gasteiger partial charge in [-0.05, 0) is 48.7 Å². The Labute approximate surface area is 137 Å². The van der Waals surface area contributed by atoms with E-state index in [4.69, 9.17) is 4.42 Å². The van der Waals surface area contributed by atoms with Gasteiger partial charge in [0.2, 0.25) is 0 Å². The molecule has 0 saturated carbocycles. The Morgan fingerprint density at radius 2 is 1.96 bits per heavy atom. The van der Waals surface area contributed by atoms with Crippen LogP contribution in [0.15, 0.2) is 51.7 Å². The number of benzene rings is 2. The van der Waals surface area contributed by atoms with Gasteiger partial charge in [0.15, 0.2) is 0 Å². The molecular formula is C19H16FNO3. The lowest BCUT2D eigenvalue weighted by molar-refractivity contribution is 0.0950.